The van der Waals surface area contributed by atoms with Crippen molar-refractivity contribution in [2.24, 2.45) is 5.41 Å². The summed E-state index contributed by atoms with van der Waals surface area (Å²) >= 11 is 13.5. The zero-order valence-corrected chi connectivity index (χ0v) is 29.2. The van der Waals surface area contributed by atoms with E-state index in [-0.39, 0.29) is 16.9 Å². The van der Waals surface area contributed by atoms with Gasteiger partial charge in [-0.25, -0.2) is 0 Å². The molecule has 7 rings (SSSR count). The van der Waals surface area contributed by atoms with E-state index in [1.54, 1.807) is 0 Å². The number of H-pyrrole nitrogens is 1. The largest absolute Gasteiger partial charge is 0.350 e. The number of hydrogen-bond donors (Lipinski definition) is 1. The first-order chi connectivity index (χ1) is 20.9. The van der Waals surface area contributed by atoms with Crippen molar-refractivity contribution < 1.29 is 4.79 Å². The highest BCUT2D eigenvalue weighted by molar-refractivity contribution is 7.56. The van der Waals surface area contributed by atoms with Crippen molar-refractivity contribution in [2.45, 2.75) is 64.5 Å². The first-order valence-corrected chi connectivity index (χ1v) is 18.8. The zero-order valence-electron chi connectivity index (χ0n) is 26.8. The van der Waals surface area contributed by atoms with Crippen LogP contribution in [0.5, 0.6) is 0 Å². The average molecular weight is 659 g/mol. The fourth-order valence-corrected chi connectivity index (χ4v) is 9.65. The molecule has 1 amide bonds. The third-order valence-corrected chi connectivity index (χ3v) is 13.1. The van der Waals surface area contributed by atoms with Crippen LogP contribution in [0.4, 0.5) is 5.82 Å². The molecule has 44 heavy (non-hydrogen) atoms. The van der Waals surface area contributed by atoms with Gasteiger partial charge in [0.25, 0.3) is 0 Å². The SMILES string of the molecule is C=CC(=O)N1CC2(CC(n3nc(N4CCCCC4(C)C)c(-c4c(Cl)c(Cl)cc5[nH]ncc45)c3C)C2)C1.CN1CCP(C)CC1. The molecule has 0 atom stereocenters. The summed E-state index contributed by atoms with van der Waals surface area (Å²) in [6.45, 7) is 18.0. The highest BCUT2D eigenvalue weighted by Gasteiger charge is 2.54. The lowest BCUT2D eigenvalue weighted by molar-refractivity contribution is -0.149. The van der Waals surface area contributed by atoms with E-state index in [0.717, 1.165) is 78.9 Å². The molecule has 238 valence electrons. The van der Waals surface area contributed by atoms with E-state index in [1.165, 1.54) is 37.9 Å². The Morgan fingerprint density at radius 2 is 1.84 bits per heavy atom. The third kappa shape index (κ3) is 5.81. The minimum absolute atomic E-state index is 0.0143. The highest BCUT2D eigenvalue weighted by atomic mass is 35.5. The molecule has 1 aliphatic carbocycles. The van der Waals surface area contributed by atoms with E-state index in [9.17, 15) is 4.79 Å². The number of nitrogens with one attached hydrogen (secondary N) is 1. The predicted octanol–water partition coefficient (Wildman–Crippen LogP) is 7.20. The average Bonchev–Trinajstić information content (AvgIpc) is 3.54. The van der Waals surface area contributed by atoms with Crippen LogP contribution < -0.4 is 4.90 Å². The molecule has 4 fully saturated rings. The Kier molecular flexibility index (Phi) is 8.86. The normalized spacial score (nSPS) is 22.0. The van der Waals surface area contributed by atoms with Crippen LogP contribution in [0.1, 0.15) is 57.7 Å². The zero-order chi connectivity index (χ0) is 31.4. The van der Waals surface area contributed by atoms with Gasteiger partial charge in [-0.2, -0.15) is 10.2 Å². The van der Waals surface area contributed by atoms with Crippen LogP contribution in [0.25, 0.3) is 22.0 Å². The summed E-state index contributed by atoms with van der Waals surface area (Å²) in [4.78, 5) is 18.7. The van der Waals surface area contributed by atoms with Crippen molar-refractivity contribution in [2.75, 3.05) is 63.7 Å². The molecule has 1 saturated carbocycles. The Labute approximate surface area is 272 Å². The van der Waals surface area contributed by atoms with Crippen LogP contribution in [-0.2, 0) is 4.79 Å². The van der Waals surface area contributed by atoms with Crippen molar-refractivity contribution in [3.05, 3.63) is 40.7 Å². The first-order valence-electron chi connectivity index (χ1n) is 15.9. The van der Waals surface area contributed by atoms with Crippen LogP contribution in [-0.4, -0.2) is 100.0 Å². The summed E-state index contributed by atoms with van der Waals surface area (Å²) in [5.41, 5.74) is 4.09. The Morgan fingerprint density at radius 3 is 2.48 bits per heavy atom. The van der Waals surface area contributed by atoms with Gasteiger partial charge in [-0.3, -0.25) is 14.6 Å². The molecule has 1 spiro atoms. The smallest absolute Gasteiger partial charge is 0.245 e. The number of benzene rings is 1. The minimum atomic E-state index is -0.0143. The molecule has 8 nitrogen and oxygen atoms in total. The Bertz CT molecular complexity index is 1530. The summed E-state index contributed by atoms with van der Waals surface area (Å²) in [6, 6.07) is 2.13. The summed E-state index contributed by atoms with van der Waals surface area (Å²) in [5.74, 6) is 0.998. The van der Waals surface area contributed by atoms with Gasteiger partial charge in [-0.05, 0) is 91.1 Å². The number of fused-ring (bicyclic) bond motifs is 1. The lowest BCUT2D eigenvalue weighted by Crippen LogP contribution is -2.63. The molecule has 1 N–H and O–H groups in total. The molecular formula is C33H46Cl2N7OP. The number of aromatic nitrogens is 4. The van der Waals surface area contributed by atoms with E-state index in [1.807, 2.05) is 17.2 Å². The van der Waals surface area contributed by atoms with Crippen molar-refractivity contribution in [3.63, 3.8) is 0 Å². The van der Waals surface area contributed by atoms with E-state index in [2.05, 4.69) is 65.7 Å². The molecule has 3 saturated heterocycles. The molecule has 0 radical (unpaired) electrons. The van der Waals surface area contributed by atoms with Crippen LogP contribution in [0.2, 0.25) is 10.0 Å². The maximum atomic E-state index is 12.0. The van der Waals surface area contributed by atoms with Gasteiger partial charge in [0.15, 0.2) is 5.82 Å². The van der Waals surface area contributed by atoms with E-state index in [0.29, 0.717) is 24.0 Å². The second-order valence-electron chi connectivity index (χ2n) is 14.1. The van der Waals surface area contributed by atoms with Crippen molar-refractivity contribution in [3.8, 4) is 11.1 Å². The predicted molar refractivity (Wildman–Crippen MR) is 185 cm³/mol. The number of hydrogen-bond acceptors (Lipinski definition) is 5. The number of piperidine rings is 1. The fourth-order valence-electron chi connectivity index (χ4n) is 7.60. The minimum Gasteiger partial charge on any atom is -0.350 e. The van der Waals surface area contributed by atoms with Crippen LogP contribution >= 0.6 is 31.1 Å². The topological polar surface area (TPSA) is 73.3 Å². The number of carbonyl (C=O) groups excluding carboxylic acids is 1. The van der Waals surface area contributed by atoms with Gasteiger partial charge in [-0.1, -0.05) is 29.8 Å². The number of rotatable bonds is 4. The van der Waals surface area contributed by atoms with E-state index < -0.39 is 0 Å². The summed E-state index contributed by atoms with van der Waals surface area (Å²) in [6.07, 6.45) is 11.7. The number of nitrogens with zero attached hydrogens (tertiary/aromatic N) is 6. The van der Waals surface area contributed by atoms with Crippen molar-refractivity contribution >= 4 is 53.8 Å². The van der Waals surface area contributed by atoms with E-state index >= 15 is 0 Å². The highest BCUT2D eigenvalue weighted by Crippen LogP contribution is 2.56. The Morgan fingerprint density at radius 1 is 1.14 bits per heavy atom. The molecule has 1 aromatic carbocycles. The quantitative estimate of drug-likeness (QED) is 0.237. The van der Waals surface area contributed by atoms with Gasteiger partial charge >= 0.3 is 0 Å². The molecule has 2 aromatic heterocycles. The fraction of sp³-hybridized carbons (Fsp3) is 0.606. The molecule has 11 heteroatoms. The van der Waals surface area contributed by atoms with Gasteiger partial charge < -0.3 is 14.7 Å². The Hall–Kier alpha value is -2.12. The van der Waals surface area contributed by atoms with Crippen LogP contribution in [0.15, 0.2) is 24.9 Å². The van der Waals surface area contributed by atoms with Gasteiger partial charge in [0.1, 0.15) is 0 Å². The monoisotopic (exact) mass is 657 g/mol. The lowest BCUT2D eigenvalue weighted by atomic mass is 9.60. The first kappa shape index (κ1) is 31.8. The lowest BCUT2D eigenvalue weighted by Gasteiger charge is -2.58. The maximum Gasteiger partial charge on any atom is 0.245 e. The van der Waals surface area contributed by atoms with E-state index in [4.69, 9.17) is 28.3 Å². The van der Waals surface area contributed by atoms with Gasteiger partial charge in [0.2, 0.25) is 5.91 Å². The van der Waals surface area contributed by atoms with Crippen LogP contribution in [0.3, 0.4) is 0 Å². The molecule has 0 bridgehead atoms. The molecule has 5 heterocycles. The maximum absolute atomic E-state index is 12.0. The standard InChI is InChI=1S/C27H32Cl2N6O.C6H14NP/c1-5-21(36)33-14-27(15-33)11-17(12-27)35-16(2)22(25(32-35)34-9-7-6-8-26(34,3)4)23-18-13-30-31-20(18)10-19(28)24(23)29;1-7-3-5-8(2)6-4-7/h5,10,13,17H,1,6-9,11-12,14-15H2,2-4H3,(H,30,31);3-6H2,1-2H3. The molecule has 0 unspecified atom stereocenters. The molecular weight excluding hydrogens is 612 g/mol. The second-order valence-corrected chi connectivity index (χ2v) is 17.5. The number of halogens is 2. The number of carbonyl (C=O) groups is 1. The molecule has 3 aliphatic heterocycles. The summed E-state index contributed by atoms with van der Waals surface area (Å²) < 4.78 is 2.21. The summed E-state index contributed by atoms with van der Waals surface area (Å²) in [7, 11) is 2.65. The van der Waals surface area contributed by atoms with Gasteiger partial charge in [-0.15, -0.1) is 7.92 Å². The van der Waals surface area contributed by atoms with Gasteiger partial charge in [0, 0.05) is 65.9 Å². The number of amides is 1. The third-order valence-electron chi connectivity index (χ3n) is 10.4. The number of aromatic amines is 1. The second kappa shape index (κ2) is 12.2. The summed E-state index contributed by atoms with van der Waals surface area (Å²) in [5, 5.41) is 14.6. The van der Waals surface area contributed by atoms with Gasteiger partial charge in [0.05, 0.1) is 27.8 Å². The molecule has 3 aromatic rings. The van der Waals surface area contributed by atoms with Crippen molar-refractivity contribution in [1.82, 2.24) is 29.8 Å². The Balaban J connectivity index is 0.000000374. The molecule has 4 aliphatic rings. The van der Waals surface area contributed by atoms with Crippen molar-refractivity contribution in [1.29, 1.82) is 0 Å². The van der Waals surface area contributed by atoms with Crippen LogP contribution in [0, 0.1) is 12.3 Å². The number of anilines is 1. The number of likely N-dealkylation sites (tertiary alicyclic amines) is 1.